The molecule has 0 saturated carbocycles. The molecule has 312 valence electrons. The highest BCUT2D eigenvalue weighted by Gasteiger charge is 2.14. The monoisotopic (exact) mass is 748 g/mol. The van der Waals surface area contributed by atoms with Crippen molar-refractivity contribution in [3.8, 4) is 0 Å². The predicted octanol–water partition coefficient (Wildman–Crippen LogP) is 14.5. The second-order valence-electron chi connectivity index (χ2n) is 16.0. The number of unbranched alkanes of at least 4 members (excludes halogenated alkanes) is 30. The maximum absolute atomic E-state index is 12.8. The zero-order valence-corrected chi connectivity index (χ0v) is 35.4. The SMILES string of the molecule is CCCCCCCC/C=C\CCCCCCCCCCCC(=O)OC(CCCCCCCCCCCCCC)CCCCCCCC(=O)NCC(=O)O. The Morgan fingerprint density at radius 3 is 1.21 bits per heavy atom. The van der Waals surface area contributed by atoms with Crippen LogP contribution in [0.15, 0.2) is 12.2 Å². The van der Waals surface area contributed by atoms with Crippen LogP contribution < -0.4 is 5.32 Å². The summed E-state index contributed by atoms with van der Waals surface area (Å²) in [7, 11) is 0. The molecule has 1 atom stereocenters. The van der Waals surface area contributed by atoms with Crippen LogP contribution >= 0.6 is 0 Å². The molecule has 6 nitrogen and oxygen atoms in total. The topological polar surface area (TPSA) is 92.7 Å². The van der Waals surface area contributed by atoms with E-state index in [0.717, 1.165) is 64.2 Å². The van der Waals surface area contributed by atoms with Crippen molar-refractivity contribution >= 4 is 17.8 Å². The van der Waals surface area contributed by atoms with Crippen LogP contribution in [0, 0.1) is 0 Å². The van der Waals surface area contributed by atoms with Crippen molar-refractivity contribution in [1.29, 1.82) is 0 Å². The number of amides is 1. The quantitative estimate of drug-likeness (QED) is 0.0368. The average Bonchev–Trinajstić information content (AvgIpc) is 3.14. The van der Waals surface area contributed by atoms with E-state index in [1.54, 1.807) is 0 Å². The molecule has 1 unspecified atom stereocenters. The number of carbonyl (C=O) groups excluding carboxylic acids is 2. The van der Waals surface area contributed by atoms with Crippen molar-refractivity contribution in [2.24, 2.45) is 0 Å². The number of ether oxygens (including phenoxy) is 1. The van der Waals surface area contributed by atoms with Gasteiger partial charge in [-0.1, -0.05) is 193 Å². The summed E-state index contributed by atoms with van der Waals surface area (Å²) in [6.45, 7) is 4.24. The maximum Gasteiger partial charge on any atom is 0.322 e. The largest absolute Gasteiger partial charge is 0.480 e. The maximum atomic E-state index is 12.8. The molecule has 0 aromatic rings. The van der Waals surface area contributed by atoms with Crippen LogP contribution in [0.25, 0.3) is 0 Å². The van der Waals surface area contributed by atoms with E-state index in [1.165, 1.54) is 167 Å². The molecule has 0 saturated heterocycles. The molecule has 0 aliphatic carbocycles. The van der Waals surface area contributed by atoms with Crippen LogP contribution in [-0.4, -0.2) is 35.6 Å². The van der Waals surface area contributed by atoms with Gasteiger partial charge in [0.25, 0.3) is 0 Å². The van der Waals surface area contributed by atoms with Crippen molar-refractivity contribution in [3.63, 3.8) is 0 Å². The number of carboxylic acids is 1. The Balaban J connectivity index is 4.07. The van der Waals surface area contributed by atoms with Gasteiger partial charge in [-0.2, -0.15) is 0 Å². The number of aliphatic carboxylic acids is 1. The molecule has 0 aliphatic heterocycles. The standard InChI is InChI=1S/C47H89NO5/c1-3-5-7-9-11-13-15-17-18-19-20-21-22-23-25-27-29-34-38-42-47(52)53-44(39-35-31-28-26-24-16-14-12-10-8-6-4-2)40-36-32-30-33-37-41-45(49)48-43-46(50)51/h17-18,44H,3-16,19-43H2,1-2H3,(H,48,49)(H,50,51)/b18-17-. The molecule has 0 bridgehead atoms. The van der Waals surface area contributed by atoms with E-state index in [-0.39, 0.29) is 24.5 Å². The molecule has 0 radical (unpaired) electrons. The van der Waals surface area contributed by atoms with Gasteiger partial charge < -0.3 is 15.2 Å². The summed E-state index contributed by atoms with van der Waals surface area (Å²) in [6.07, 6.45) is 50.6. The van der Waals surface area contributed by atoms with Crippen LogP contribution in [-0.2, 0) is 19.1 Å². The molecule has 2 N–H and O–H groups in total. The van der Waals surface area contributed by atoms with Crippen molar-refractivity contribution in [2.75, 3.05) is 6.54 Å². The summed E-state index contributed by atoms with van der Waals surface area (Å²) >= 11 is 0. The van der Waals surface area contributed by atoms with Gasteiger partial charge in [0.15, 0.2) is 0 Å². The van der Waals surface area contributed by atoms with E-state index in [1.807, 2.05) is 0 Å². The van der Waals surface area contributed by atoms with Crippen molar-refractivity contribution < 1.29 is 24.2 Å². The minimum absolute atomic E-state index is 0.0117. The van der Waals surface area contributed by atoms with Gasteiger partial charge in [0, 0.05) is 12.8 Å². The van der Waals surface area contributed by atoms with Crippen molar-refractivity contribution in [1.82, 2.24) is 5.32 Å². The van der Waals surface area contributed by atoms with E-state index >= 15 is 0 Å². The molecule has 0 spiro atoms. The highest BCUT2D eigenvalue weighted by Crippen LogP contribution is 2.19. The fourth-order valence-electron chi connectivity index (χ4n) is 7.22. The van der Waals surface area contributed by atoms with Gasteiger partial charge in [-0.3, -0.25) is 14.4 Å². The summed E-state index contributed by atoms with van der Waals surface area (Å²) < 4.78 is 6.05. The Hall–Kier alpha value is -1.85. The second-order valence-corrected chi connectivity index (χ2v) is 16.0. The third-order valence-corrected chi connectivity index (χ3v) is 10.7. The van der Waals surface area contributed by atoms with Crippen LogP contribution in [0.2, 0.25) is 0 Å². The Morgan fingerprint density at radius 2 is 0.811 bits per heavy atom. The normalized spacial score (nSPS) is 12.0. The molecule has 0 rings (SSSR count). The number of carbonyl (C=O) groups is 3. The number of hydrogen-bond acceptors (Lipinski definition) is 4. The number of nitrogens with one attached hydrogen (secondary N) is 1. The molecule has 1 amide bonds. The average molecular weight is 748 g/mol. The van der Waals surface area contributed by atoms with E-state index < -0.39 is 5.97 Å². The number of hydrogen-bond donors (Lipinski definition) is 2. The Morgan fingerprint density at radius 1 is 0.472 bits per heavy atom. The van der Waals surface area contributed by atoms with E-state index in [9.17, 15) is 14.4 Å². The predicted molar refractivity (Wildman–Crippen MR) is 226 cm³/mol. The molecule has 53 heavy (non-hydrogen) atoms. The summed E-state index contributed by atoms with van der Waals surface area (Å²) in [5, 5.41) is 11.1. The van der Waals surface area contributed by atoms with Gasteiger partial charge in [-0.25, -0.2) is 0 Å². The zero-order valence-electron chi connectivity index (χ0n) is 35.4. The van der Waals surface area contributed by atoms with Crippen LogP contribution in [0.4, 0.5) is 0 Å². The van der Waals surface area contributed by atoms with Gasteiger partial charge in [0.05, 0.1) is 0 Å². The van der Waals surface area contributed by atoms with Gasteiger partial charge >= 0.3 is 11.9 Å². The third-order valence-electron chi connectivity index (χ3n) is 10.7. The minimum atomic E-state index is -1.01. The Labute approximate surface area is 329 Å². The number of rotatable bonds is 43. The second kappa shape index (κ2) is 42.9. The first-order valence-electron chi connectivity index (χ1n) is 23.3. The van der Waals surface area contributed by atoms with Crippen LogP contribution in [0.1, 0.15) is 258 Å². The molecular weight excluding hydrogens is 659 g/mol. The minimum Gasteiger partial charge on any atom is -0.480 e. The fourth-order valence-corrected chi connectivity index (χ4v) is 7.22. The van der Waals surface area contributed by atoms with Crippen molar-refractivity contribution in [3.05, 3.63) is 12.2 Å². The highest BCUT2D eigenvalue weighted by molar-refractivity contribution is 5.80. The first-order valence-corrected chi connectivity index (χ1v) is 23.3. The third kappa shape index (κ3) is 42.8. The number of esters is 1. The molecule has 0 fully saturated rings. The lowest BCUT2D eigenvalue weighted by atomic mass is 10.0. The molecule has 0 aliphatic rings. The number of carboxylic acid groups (broad SMARTS) is 1. The van der Waals surface area contributed by atoms with Gasteiger partial charge in [-0.15, -0.1) is 0 Å². The lowest BCUT2D eigenvalue weighted by molar-refractivity contribution is -0.150. The Kier molecular flexibility index (Phi) is 41.4. The summed E-state index contributed by atoms with van der Waals surface area (Å²) in [5.74, 6) is -1.21. The van der Waals surface area contributed by atoms with Crippen molar-refractivity contribution in [2.45, 2.75) is 264 Å². The first kappa shape index (κ1) is 51.1. The molecule has 0 aromatic carbocycles. The summed E-state index contributed by atoms with van der Waals surface area (Å²) in [5.41, 5.74) is 0. The smallest absolute Gasteiger partial charge is 0.322 e. The Bertz CT molecular complexity index is 828. The van der Waals surface area contributed by atoms with Gasteiger partial charge in [-0.05, 0) is 64.2 Å². The molecule has 6 heteroatoms. The van der Waals surface area contributed by atoms with Gasteiger partial charge in [0.1, 0.15) is 12.6 Å². The van der Waals surface area contributed by atoms with E-state index in [2.05, 4.69) is 31.3 Å². The van der Waals surface area contributed by atoms with E-state index in [4.69, 9.17) is 9.84 Å². The highest BCUT2D eigenvalue weighted by atomic mass is 16.5. The lowest BCUT2D eigenvalue weighted by Gasteiger charge is -2.18. The van der Waals surface area contributed by atoms with Gasteiger partial charge in [0.2, 0.25) is 5.91 Å². The molecule has 0 aromatic heterocycles. The summed E-state index contributed by atoms with van der Waals surface area (Å²) in [6, 6.07) is 0. The fraction of sp³-hybridized carbons (Fsp3) is 0.894. The summed E-state index contributed by atoms with van der Waals surface area (Å²) in [4.78, 5) is 35.1. The molecule has 0 heterocycles. The first-order chi connectivity index (χ1) is 26.0. The van der Waals surface area contributed by atoms with Crippen LogP contribution in [0.3, 0.4) is 0 Å². The van der Waals surface area contributed by atoms with Crippen LogP contribution in [0.5, 0.6) is 0 Å². The molecular formula is C47H89NO5. The number of allylic oxidation sites excluding steroid dienone is 2. The zero-order chi connectivity index (χ0) is 38.7. The lowest BCUT2D eigenvalue weighted by Crippen LogP contribution is -2.28. The van der Waals surface area contributed by atoms with E-state index in [0.29, 0.717) is 12.8 Å².